The highest BCUT2D eigenvalue weighted by Gasteiger charge is 2.16. The molecule has 1 aliphatic heterocycles. The Hall–Kier alpha value is -3.58. The van der Waals surface area contributed by atoms with Gasteiger partial charge in [-0.2, -0.15) is 5.10 Å². The molecule has 4 aromatic rings. The van der Waals surface area contributed by atoms with Gasteiger partial charge in [0.05, 0.1) is 5.69 Å². The zero-order valence-electron chi connectivity index (χ0n) is 17.5. The highest BCUT2D eigenvalue weighted by Crippen LogP contribution is 2.30. The summed E-state index contributed by atoms with van der Waals surface area (Å²) in [6, 6.07) is 14.4. The molecule has 1 aliphatic rings. The Balaban J connectivity index is 1.38. The Kier molecular flexibility index (Phi) is 5.41. The third-order valence-corrected chi connectivity index (χ3v) is 5.63. The fourth-order valence-electron chi connectivity index (χ4n) is 4.06. The second-order valence-corrected chi connectivity index (χ2v) is 7.86. The van der Waals surface area contributed by atoms with E-state index in [0.29, 0.717) is 11.9 Å². The standard InChI is InChI=1S/C24H25N7/c1-31-16-21(23(30-31)19-5-3-12-26-15-19)22-10-13-27-24(29-22)28-20-8-6-17(7-9-20)18-4-2-11-25-14-18/h3,5-10,12-13,15-16,18,25H,2,4,11,14H2,1H3,(H,27,28,29). The molecule has 31 heavy (non-hydrogen) atoms. The van der Waals surface area contributed by atoms with Crippen molar-refractivity contribution in [1.82, 2.24) is 30.0 Å². The van der Waals surface area contributed by atoms with Crippen LogP contribution in [0, 0.1) is 0 Å². The molecule has 156 valence electrons. The fraction of sp³-hybridized carbons (Fsp3) is 0.250. The third-order valence-electron chi connectivity index (χ3n) is 5.63. The van der Waals surface area contributed by atoms with Crippen LogP contribution in [-0.2, 0) is 7.05 Å². The van der Waals surface area contributed by atoms with Crippen LogP contribution in [0.4, 0.5) is 11.6 Å². The molecule has 0 saturated carbocycles. The van der Waals surface area contributed by atoms with E-state index in [1.807, 2.05) is 37.6 Å². The van der Waals surface area contributed by atoms with Gasteiger partial charge in [-0.15, -0.1) is 0 Å². The number of piperidine rings is 1. The lowest BCUT2D eigenvalue weighted by Gasteiger charge is -2.23. The van der Waals surface area contributed by atoms with Gasteiger partial charge in [-0.1, -0.05) is 12.1 Å². The number of aromatic nitrogens is 5. The van der Waals surface area contributed by atoms with E-state index < -0.39 is 0 Å². The number of hydrogen-bond donors (Lipinski definition) is 2. The minimum atomic E-state index is 0.561. The van der Waals surface area contributed by atoms with Crippen molar-refractivity contribution in [2.45, 2.75) is 18.8 Å². The maximum atomic E-state index is 4.74. The molecular formula is C24H25N7. The van der Waals surface area contributed by atoms with E-state index in [1.165, 1.54) is 18.4 Å². The van der Waals surface area contributed by atoms with E-state index in [9.17, 15) is 0 Å². The van der Waals surface area contributed by atoms with Gasteiger partial charge < -0.3 is 10.6 Å². The van der Waals surface area contributed by atoms with Crippen LogP contribution in [0.3, 0.4) is 0 Å². The lowest BCUT2D eigenvalue weighted by Crippen LogP contribution is -2.28. The molecule has 1 unspecified atom stereocenters. The average Bonchev–Trinajstić information content (AvgIpc) is 3.23. The average molecular weight is 412 g/mol. The number of anilines is 2. The predicted molar refractivity (Wildman–Crippen MR) is 122 cm³/mol. The quantitative estimate of drug-likeness (QED) is 0.514. The molecule has 2 N–H and O–H groups in total. The Labute approximate surface area is 181 Å². The molecule has 0 aliphatic carbocycles. The van der Waals surface area contributed by atoms with Gasteiger partial charge in [-0.3, -0.25) is 9.67 Å². The van der Waals surface area contributed by atoms with E-state index in [2.05, 4.69) is 50.0 Å². The largest absolute Gasteiger partial charge is 0.324 e. The maximum absolute atomic E-state index is 4.74. The molecule has 1 fully saturated rings. The molecule has 5 rings (SSSR count). The smallest absolute Gasteiger partial charge is 0.227 e. The van der Waals surface area contributed by atoms with Crippen molar-refractivity contribution in [1.29, 1.82) is 0 Å². The fourth-order valence-corrected chi connectivity index (χ4v) is 4.06. The molecular weight excluding hydrogens is 386 g/mol. The maximum Gasteiger partial charge on any atom is 0.227 e. The van der Waals surface area contributed by atoms with Crippen molar-refractivity contribution < 1.29 is 0 Å². The Morgan fingerprint density at radius 3 is 2.77 bits per heavy atom. The van der Waals surface area contributed by atoms with Gasteiger partial charge in [-0.05, 0) is 61.2 Å². The van der Waals surface area contributed by atoms with Crippen molar-refractivity contribution in [2.75, 3.05) is 18.4 Å². The van der Waals surface area contributed by atoms with Crippen LogP contribution in [0.5, 0.6) is 0 Å². The summed E-state index contributed by atoms with van der Waals surface area (Å²) in [5, 5.41) is 11.4. The summed E-state index contributed by atoms with van der Waals surface area (Å²) in [7, 11) is 1.91. The summed E-state index contributed by atoms with van der Waals surface area (Å²) in [4.78, 5) is 13.4. The lowest BCUT2D eigenvalue weighted by molar-refractivity contribution is 0.461. The van der Waals surface area contributed by atoms with E-state index in [0.717, 1.165) is 41.3 Å². The number of pyridine rings is 1. The van der Waals surface area contributed by atoms with Gasteiger partial charge in [0.2, 0.25) is 5.95 Å². The number of nitrogens with zero attached hydrogens (tertiary/aromatic N) is 5. The van der Waals surface area contributed by atoms with Gasteiger partial charge in [0.25, 0.3) is 0 Å². The van der Waals surface area contributed by atoms with Crippen molar-refractivity contribution in [3.05, 3.63) is 72.8 Å². The van der Waals surface area contributed by atoms with Gasteiger partial charge in [-0.25, -0.2) is 9.97 Å². The molecule has 1 saturated heterocycles. The second-order valence-electron chi connectivity index (χ2n) is 7.86. The number of hydrogen-bond acceptors (Lipinski definition) is 6. The normalized spacial score (nSPS) is 16.2. The van der Waals surface area contributed by atoms with Gasteiger partial charge >= 0.3 is 0 Å². The van der Waals surface area contributed by atoms with Crippen LogP contribution < -0.4 is 10.6 Å². The van der Waals surface area contributed by atoms with Gasteiger partial charge in [0.1, 0.15) is 5.69 Å². The SMILES string of the molecule is Cn1cc(-c2ccnc(Nc3ccc(C4CCCNC4)cc3)n2)c(-c2cccnc2)n1. The summed E-state index contributed by atoms with van der Waals surface area (Å²) in [6.07, 6.45) is 9.80. The van der Waals surface area contributed by atoms with E-state index in [-0.39, 0.29) is 0 Å². The molecule has 7 nitrogen and oxygen atoms in total. The first-order chi connectivity index (χ1) is 15.3. The van der Waals surface area contributed by atoms with Crippen LogP contribution in [0.1, 0.15) is 24.3 Å². The van der Waals surface area contributed by atoms with Crippen molar-refractivity contribution in [3.8, 4) is 22.5 Å². The van der Waals surface area contributed by atoms with Crippen molar-refractivity contribution in [3.63, 3.8) is 0 Å². The highest BCUT2D eigenvalue weighted by molar-refractivity contribution is 5.78. The molecule has 0 amide bonds. The molecule has 0 bridgehead atoms. The van der Waals surface area contributed by atoms with Gasteiger partial charge in [0.15, 0.2) is 0 Å². The molecule has 1 atom stereocenters. The molecule has 7 heteroatoms. The summed E-state index contributed by atoms with van der Waals surface area (Å²) < 4.78 is 1.80. The minimum absolute atomic E-state index is 0.561. The van der Waals surface area contributed by atoms with Crippen LogP contribution in [0.2, 0.25) is 0 Å². The third kappa shape index (κ3) is 4.32. The summed E-state index contributed by atoms with van der Waals surface area (Å²) in [6.45, 7) is 2.19. The number of aryl methyl sites for hydroxylation is 1. The highest BCUT2D eigenvalue weighted by atomic mass is 15.3. The van der Waals surface area contributed by atoms with Crippen LogP contribution >= 0.6 is 0 Å². The Bertz CT molecular complexity index is 1150. The number of nitrogens with one attached hydrogen (secondary N) is 2. The van der Waals surface area contributed by atoms with Crippen LogP contribution in [0.15, 0.2) is 67.3 Å². The monoisotopic (exact) mass is 411 g/mol. The van der Waals surface area contributed by atoms with Crippen molar-refractivity contribution in [2.24, 2.45) is 7.05 Å². The van der Waals surface area contributed by atoms with Crippen LogP contribution in [0.25, 0.3) is 22.5 Å². The Morgan fingerprint density at radius 1 is 1.10 bits per heavy atom. The Morgan fingerprint density at radius 2 is 2.00 bits per heavy atom. The number of rotatable bonds is 5. The minimum Gasteiger partial charge on any atom is -0.324 e. The summed E-state index contributed by atoms with van der Waals surface area (Å²) in [5.41, 5.74) is 5.92. The first-order valence-corrected chi connectivity index (χ1v) is 10.6. The van der Waals surface area contributed by atoms with E-state index in [1.54, 1.807) is 17.1 Å². The van der Waals surface area contributed by atoms with E-state index in [4.69, 9.17) is 4.98 Å². The van der Waals surface area contributed by atoms with E-state index >= 15 is 0 Å². The first kappa shape index (κ1) is 19.4. The second kappa shape index (κ2) is 8.65. The first-order valence-electron chi connectivity index (χ1n) is 10.6. The topological polar surface area (TPSA) is 80.5 Å². The molecule has 3 aromatic heterocycles. The van der Waals surface area contributed by atoms with Crippen LogP contribution in [-0.4, -0.2) is 37.8 Å². The van der Waals surface area contributed by atoms with Gasteiger partial charge in [0, 0.05) is 55.2 Å². The number of benzene rings is 1. The molecule has 1 aromatic carbocycles. The molecule has 0 spiro atoms. The zero-order valence-corrected chi connectivity index (χ0v) is 17.5. The summed E-state index contributed by atoms with van der Waals surface area (Å²) >= 11 is 0. The lowest BCUT2D eigenvalue weighted by atomic mass is 9.92. The molecule has 0 radical (unpaired) electrons. The summed E-state index contributed by atoms with van der Waals surface area (Å²) in [5.74, 6) is 1.16. The molecule has 4 heterocycles. The zero-order chi connectivity index (χ0) is 21.0. The van der Waals surface area contributed by atoms with Crippen molar-refractivity contribution >= 4 is 11.6 Å². The predicted octanol–water partition coefficient (Wildman–Crippen LogP) is 4.15.